The summed E-state index contributed by atoms with van der Waals surface area (Å²) in [6, 6.07) is 8.10. The van der Waals surface area contributed by atoms with Crippen LogP contribution in [0.25, 0.3) is 0 Å². The van der Waals surface area contributed by atoms with E-state index in [1.807, 2.05) is 23.1 Å². The maximum Gasteiger partial charge on any atom is 0.228 e. The molecule has 1 aromatic rings. The molecule has 1 saturated heterocycles. The van der Waals surface area contributed by atoms with E-state index in [4.69, 9.17) is 4.74 Å². The predicted octanol–water partition coefficient (Wildman–Crippen LogP) is 2.38. The number of nitrogens with zero attached hydrogens (tertiary/aromatic N) is 2. The van der Waals surface area contributed by atoms with Crippen molar-refractivity contribution >= 4 is 17.5 Å². The normalized spacial score (nSPS) is 19.9. The summed E-state index contributed by atoms with van der Waals surface area (Å²) in [5.74, 6) is 0.109. The lowest BCUT2D eigenvalue weighted by Crippen LogP contribution is -2.41. The van der Waals surface area contributed by atoms with Gasteiger partial charge >= 0.3 is 0 Å². The molecule has 0 radical (unpaired) electrons. The molecule has 1 fully saturated rings. The number of carbonyl (C=O) groups excluding carboxylic acids is 2. The van der Waals surface area contributed by atoms with Crippen LogP contribution in [0.2, 0.25) is 0 Å². The van der Waals surface area contributed by atoms with Crippen molar-refractivity contribution in [3.63, 3.8) is 0 Å². The number of fused-ring (bicyclic) bond motifs is 1. The highest BCUT2D eigenvalue weighted by molar-refractivity contribution is 5.94. The zero-order chi connectivity index (χ0) is 16.9. The maximum absolute atomic E-state index is 12.7. The van der Waals surface area contributed by atoms with Gasteiger partial charge in [0.25, 0.3) is 0 Å². The zero-order valence-electron chi connectivity index (χ0n) is 14.4. The number of rotatable bonds is 5. The molecule has 130 valence electrons. The second-order valence-corrected chi connectivity index (χ2v) is 6.63. The van der Waals surface area contributed by atoms with Gasteiger partial charge in [-0.05, 0) is 37.3 Å². The fraction of sp³-hybridized carbons (Fsp3) is 0.579. The number of carbonyl (C=O) groups is 2. The van der Waals surface area contributed by atoms with E-state index in [0.717, 1.165) is 44.5 Å². The average Bonchev–Trinajstić information content (AvgIpc) is 3.10. The fourth-order valence-electron chi connectivity index (χ4n) is 3.57. The summed E-state index contributed by atoms with van der Waals surface area (Å²) in [7, 11) is 0. The molecule has 1 unspecified atom stereocenters. The van der Waals surface area contributed by atoms with E-state index < -0.39 is 0 Å². The molecular formula is C19H26N2O3. The number of ether oxygens (including phenoxy) is 1. The molecule has 2 aliphatic rings. The summed E-state index contributed by atoms with van der Waals surface area (Å²) in [6.07, 6.45) is 4.56. The Hall–Kier alpha value is -1.88. The van der Waals surface area contributed by atoms with Gasteiger partial charge in [0.05, 0.1) is 6.10 Å². The Bertz CT molecular complexity index is 596. The first-order chi connectivity index (χ1) is 11.6. The van der Waals surface area contributed by atoms with E-state index in [0.29, 0.717) is 19.5 Å². The first kappa shape index (κ1) is 17.0. The number of hydrogen-bond donors (Lipinski definition) is 0. The van der Waals surface area contributed by atoms with Crippen LogP contribution in [0.3, 0.4) is 0 Å². The minimum absolute atomic E-state index is 0.0114. The standard InChI is InChI=1S/C19H26N2O3/c1-15(22)20(14-17-8-5-13-24-17)12-10-19(23)21-11-4-7-16-6-2-3-9-18(16)21/h2-3,6,9,17H,4-5,7-8,10-14H2,1H3. The minimum atomic E-state index is 0.0114. The molecule has 0 spiro atoms. The second kappa shape index (κ2) is 7.79. The van der Waals surface area contributed by atoms with Gasteiger partial charge in [0, 0.05) is 45.3 Å². The molecule has 5 heteroatoms. The van der Waals surface area contributed by atoms with Gasteiger partial charge in [-0.1, -0.05) is 18.2 Å². The third kappa shape index (κ3) is 3.96. The van der Waals surface area contributed by atoms with Gasteiger partial charge in [0.15, 0.2) is 0 Å². The Morgan fingerprint density at radius 1 is 1.29 bits per heavy atom. The predicted molar refractivity (Wildman–Crippen MR) is 93.0 cm³/mol. The van der Waals surface area contributed by atoms with E-state index >= 15 is 0 Å². The van der Waals surface area contributed by atoms with Gasteiger partial charge in [-0.2, -0.15) is 0 Å². The Morgan fingerprint density at radius 2 is 2.12 bits per heavy atom. The highest BCUT2D eigenvalue weighted by atomic mass is 16.5. The molecule has 0 aliphatic carbocycles. The van der Waals surface area contributed by atoms with Crippen LogP contribution in [0.4, 0.5) is 5.69 Å². The van der Waals surface area contributed by atoms with Crippen molar-refractivity contribution in [3.05, 3.63) is 29.8 Å². The number of benzene rings is 1. The Labute approximate surface area is 143 Å². The monoisotopic (exact) mass is 330 g/mol. The summed E-state index contributed by atoms with van der Waals surface area (Å²) in [5.41, 5.74) is 2.27. The largest absolute Gasteiger partial charge is 0.376 e. The lowest BCUT2D eigenvalue weighted by atomic mass is 10.0. The molecule has 0 saturated carbocycles. The van der Waals surface area contributed by atoms with Crippen molar-refractivity contribution in [3.8, 4) is 0 Å². The highest BCUT2D eigenvalue weighted by Crippen LogP contribution is 2.27. The number of para-hydroxylation sites is 1. The molecule has 3 rings (SSSR count). The van der Waals surface area contributed by atoms with Crippen molar-refractivity contribution in [1.82, 2.24) is 4.90 Å². The lowest BCUT2D eigenvalue weighted by molar-refractivity contribution is -0.131. The van der Waals surface area contributed by atoms with E-state index in [-0.39, 0.29) is 17.9 Å². The van der Waals surface area contributed by atoms with Crippen LogP contribution in [0.1, 0.15) is 38.2 Å². The van der Waals surface area contributed by atoms with Crippen LogP contribution in [0.5, 0.6) is 0 Å². The number of amides is 2. The van der Waals surface area contributed by atoms with Crippen LogP contribution >= 0.6 is 0 Å². The van der Waals surface area contributed by atoms with Gasteiger partial charge in [-0.25, -0.2) is 0 Å². The second-order valence-electron chi connectivity index (χ2n) is 6.63. The summed E-state index contributed by atoms with van der Waals surface area (Å²) >= 11 is 0. The van der Waals surface area contributed by atoms with Crippen molar-refractivity contribution < 1.29 is 14.3 Å². The zero-order valence-corrected chi connectivity index (χ0v) is 14.4. The Kier molecular flexibility index (Phi) is 5.51. The van der Waals surface area contributed by atoms with Gasteiger partial charge < -0.3 is 14.5 Å². The van der Waals surface area contributed by atoms with E-state index in [9.17, 15) is 9.59 Å². The quantitative estimate of drug-likeness (QED) is 0.833. The molecule has 1 atom stereocenters. The summed E-state index contributed by atoms with van der Waals surface area (Å²) < 4.78 is 5.61. The van der Waals surface area contributed by atoms with E-state index in [1.54, 1.807) is 11.8 Å². The SMILES string of the molecule is CC(=O)N(CCC(=O)N1CCCc2ccccc21)CC1CCCO1. The summed E-state index contributed by atoms with van der Waals surface area (Å²) in [6.45, 7) is 4.17. The van der Waals surface area contributed by atoms with Crippen LogP contribution in [0.15, 0.2) is 24.3 Å². The van der Waals surface area contributed by atoms with Crippen molar-refractivity contribution in [2.45, 2.75) is 45.1 Å². The van der Waals surface area contributed by atoms with Gasteiger partial charge in [0.2, 0.25) is 11.8 Å². The fourth-order valence-corrected chi connectivity index (χ4v) is 3.57. The van der Waals surface area contributed by atoms with Gasteiger partial charge in [0.1, 0.15) is 0 Å². The molecule has 0 N–H and O–H groups in total. The number of hydrogen-bond acceptors (Lipinski definition) is 3. The Balaban J connectivity index is 1.59. The first-order valence-electron chi connectivity index (χ1n) is 8.90. The molecule has 1 aromatic carbocycles. The summed E-state index contributed by atoms with van der Waals surface area (Å²) in [4.78, 5) is 28.2. The molecule has 0 aromatic heterocycles. The van der Waals surface area contributed by atoms with Crippen LogP contribution in [-0.4, -0.2) is 49.1 Å². The average molecular weight is 330 g/mol. The maximum atomic E-state index is 12.7. The van der Waals surface area contributed by atoms with Crippen molar-refractivity contribution in [2.24, 2.45) is 0 Å². The molecule has 0 bridgehead atoms. The molecule has 2 heterocycles. The van der Waals surface area contributed by atoms with Crippen LogP contribution in [-0.2, 0) is 20.7 Å². The third-order valence-corrected chi connectivity index (χ3v) is 4.90. The van der Waals surface area contributed by atoms with Gasteiger partial charge in [-0.15, -0.1) is 0 Å². The smallest absolute Gasteiger partial charge is 0.228 e. The minimum Gasteiger partial charge on any atom is -0.376 e. The Morgan fingerprint density at radius 3 is 2.88 bits per heavy atom. The van der Waals surface area contributed by atoms with Gasteiger partial charge in [-0.3, -0.25) is 9.59 Å². The highest BCUT2D eigenvalue weighted by Gasteiger charge is 2.24. The van der Waals surface area contributed by atoms with E-state index in [2.05, 4.69) is 6.07 Å². The molecule has 2 aliphatic heterocycles. The van der Waals surface area contributed by atoms with Crippen LogP contribution in [0, 0.1) is 0 Å². The molecule has 24 heavy (non-hydrogen) atoms. The molecular weight excluding hydrogens is 304 g/mol. The number of anilines is 1. The molecule has 5 nitrogen and oxygen atoms in total. The molecule has 2 amide bonds. The first-order valence-corrected chi connectivity index (χ1v) is 8.90. The summed E-state index contributed by atoms with van der Waals surface area (Å²) in [5, 5.41) is 0. The van der Waals surface area contributed by atoms with E-state index in [1.165, 1.54) is 5.56 Å². The topological polar surface area (TPSA) is 49.9 Å². The van der Waals surface area contributed by atoms with Crippen molar-refractivity contribution in [1.29, 1.82) is 0 Å². The number of aryl methyl sites for hydroxylation is 1. The third-order valence-electron chi connectivity index (χ3n) is 4.90. The van der Waals surface area contributed by atoms with Crippen molar-refractivity contribution in [2.75, 3.05) is 31.1 Å². The lowest BCUT2D eigenvalue weighted by Gasteiger charge is -2.30. The van der Waals surface area contributed by atoms with Crippen LogP contribution < -0.4 is 4.90 Å².